The predicted octanol–water partition coefficient (Wildman–Crippen LogP) is 4.05. The maximum atomic E-state index is 12.0. The number of esters is 1. The average Bonchev–Trinajstić information content (AvgIpc) is 2.57. The molecular formula is C18H20N2O2. The van der Waals surface area contributed by atoms with Crippen molar-refractivity contribution in [1.29, 1.82) is 0 Å². The summed E-state index contributed by atoms with van der Waals surface area (Å²) in [6, 6.07) is 7.87. The highest BCUT2D eigenvalue weighted by molar-refractivity contribution is 5.88. The Morgan fingerprint density at radius 3 is 2.41 bits per heavy atom. The summed E-state index contributed by atoms with van der Waals surface area (Å²) < 4.78 is 5.34. The summed E-state index contributed by atoms with van der Waals surface area (Å²) in [5.41, 5.74) is 2.34. The van der Waals surface area contributed by atoms with Crippen LogP contribution in [0.25, 0.3) is 0 Å². The SMILES string of the molecule is Cc1cnc(C(=O)Oc2ccc(C3CCCCC3)cc2)cn1. The van der Waals surface area contributed by atoms with Gasteiger partial charge in [-0.3, -0.25) is 4.98 Å². The number of aromatic nitrogens is 2. The second kappa shape index (κ2) is 6.69. The molecule has 0 amide bonds. The molecule has 0 radical (unpaired) electrons. The van der Waals surface area contributed by atoms with E-state index in [0.717, 1.165) is 5.69 Å². The van der Waals surface area contributed by atoms with Gasteiger partial charge in [0, 0.05) is 6.20 Å². The lowest BCUT2D eigenvalue weighted by Gasteiger charge is -2.21. The minimum Gasteiger partial charge on any atom is -0.422 e. The zero-order valence-electron chi connectivity index (χ0n) is 12.8. The predicted molar refractivity (Wildman–Crippen MR) is 84.0 cm³/mol. The van der Waals surface area contributed by atoms with Crippen molar-refractivity contribution in [2.75, 3.05) is 0 Å². The lowest BCUT2D eigenvalue weighted by atomic mass is 9.84. The molecule has 22 heavy (non-hydrogen) atoms. The highest BCUT2D eigenvalue weighted by Gasteiger charge is 2.16. The lowest BCUT2D eigenvalue weighted by molar-refractivity contribution is 0.0728. The van der Waals surface area contributed by atoms with E-state index in [-0.39, 0.29) is 5.69 Å². The van der Waals surface area contributed by atoms with Crippen LogP contribution in [0.15, 0.2) is 36.7 Å². The van der Waals surface area contributed by atoms with Crippen LogP contribution in [-0.2, 0) is 0 Å². The molecule has 0 unspecified atom stereocenters. The van der Waals surface area contributed by atoms with Crippen LogP contribution in [0.5, 0.6) is 5.75 Å². The largest absolute Gasteiger partial charge is 0.422 e. The van der Waals surface area contributed by atoms with Crippen molar-refractivity contribution in [3.05, 3.63) is 53.6 Å². The van der Waals surface area contributed by atoms with Gasteiger partial charge in [0.1, 0.15) is 5.75 Å². The third kappa shape index (κ3) is 3.50. The molecule has 0 bridgehead atoms. The molecule has 0 atom stereocenters. The Labute approximate surface area is 130 Å². The Morgan fingerprint density at radius 1 is 1.05 bits per heavy atom. The van der Waals surface area contributed by atoms with E-state index in [4.69, 9.17) is 4.74 Å². The lowest BCUT2D eigenvalue weighted by Crippen LogP contribution is -2.11. The first kappa shape index (κ1) is 14.7. The van der Waals surface area contributed by atoms with E-state index in [1.165, 1.54) is 43.9 Å². The normalized spacial score (nSPS) is 15.5. The van der Waals surface area contributed by atoms with Crippen molar-refractivity contribution in [1.82, 2.24) is 9.97 Å². The van der Waals surface area contributed by atoms with Crippen molar-refractivity contribution >= 4 is 5.97 Å². The topological polar surface area (TPSA) is 52.1 Å². The summed E-state index contributed by atoms with van der Waals surface area (Å²) in [7, 11) is 0. The van der Waals surface area contributed by atoms with Crippen LogP contribution in [0.4, 0.5) is 0 Å². The summed E-state index contributed by atoms with van der Waals surface area (Å²) in [5, 5.41) is 0. The molecule has 4 nitrogen and oxygen atoms in total. The minimum atomic E-state index is -0.474. The molecule has 1 aliphatic rings. The molecule has 114 valence electrons. The van der Waals surface area contributed by atoms with Crippen LogP contribution in [0.1, 0.15) is 59.8 Å². The van der Waals surface area contributed by atoms with Gasteiger partial charge in [0.05, 0.1) is 11.9 Å². The van der Waals surface area contributed by atoms with Gasteiger partial charge in [-0.1, -0.05) is 31.4 Å². The summed E-state index contributed by atoms with van der Waals surface area (Å²) in [4.78, 5) is 20.1. The molecular weight excluding hydrogens is 276 g/mol. The summed E-state index contributed by atoms with van der Waals surface area (Å²) >= 11 is 0. The van der Waals surface area contributed by atoms with E-state index in [1.54, 1.807) is 6.20 Å². The van der Waals surface area contributed by atoms with E-state index in [1.807, 2.05) is 19.1 Å². The van der Waals surface area contributed by atoms with Gasteiger partial charge in [-0.05, 0) is 43.4 Å². The summed E-state index contributed by atoms with van der Waals surface area (Å²) in [6.45, 7) is 1.83. The van der Waals surface area contributed by atoms with Crippen LogP contribution in [0.3, 0.4) is 0 Å². The Kier molecular flexibility index (Phi) is 4.47. The molecule has 0 aliphatic heterocycles. The van der Waals surface area contributed by atoms with Crippen LogP contribution in [0, 0.1) is 6.92 Å². The zero-order valence-corrected chi connectivity index (χ0v) is 12.8. The molecule has 1 aromatic heterocycles. The Morgan fingerprint density at radius 2 is 1.77 bits per heavy atom. The first-order valence-electron chi connectivity index (χ1n) is 7.83. The van der Waals surface area contributed by atoms with Crippen molar-refractivity contribution in [2.24, 2.45) is 0 Å². The number of rotatable bonds is 3. The Bertz CT molecular complexity index is 629. The number of benzene rings is 1. The number of nitrogens with zero attached hydrogens (tertiary/aromatic N) is 2. The first-order chi connectivity index (χ1) is 10.7. The van der Waals surface area contributed by atoms with Crippen molar-refractivity contribution in [2.45, 2.75) is 44.9 Å². The third-order valence-electron chi connectivity index (χ3n) is 4.16. The van der Waals surface area contributed by atoms with E-state index in [9.17, 15) is 4.79 Å². The molecule has 0 saturated heterocycles. The molecule has 4 heteroatoms. The van der Waals surface area contributed by atoms with Crippen molar-refractivity contribution < 1.29 is 9.53 Å². The summed E-state index contributed by atoms with van der Waals surface area (Å²) in [6.07, 6.45) is 9.50. The van der Waals surface area contributed by atoms with Gasteiger partial charge in [0.2, 0.25) is 0 Å². The molecule has 1 saturated carbocycles. The molecule has 2 aromatic rings. The van der Waals surface area contributed by atoms with Gasteiger partial charge < -0.3 is 4.74 Å². The molecule has 0 spiro atoms. The number of carbonyl (C=O) groups excluding carboxylic acids is 1. The first-order valence-corrected chi connectivity index (χ1v) is 7.83. The fourth-order valence-corrected chi connectivity index (χ4v) is 2.90. The van der Waals surface area contributed by atoms with Gasteiger partial charge in [0.25, 0.3) is 0 Å². The molecule has 0 N–H and O–H groups in total. The maximum Gasteiger partial charge on any atom is 0.363 e. The molecule has 1 fully saturated rings. The minimum absolute atomic E-state index is 0.224. The van der Waals surface area contributed by atoms with Crippen molar-refractivity contribution in [3.63, 3.8) is 0 Å². The zero-order chi connectivity index (χ0) is 15.4. The second-order valence-corrected chi connectivity index (χ2v) is 5.84. The number of hydrogen-bond donors (Lipinski definition) is 0. The molecule has 1 heterocycles. The van der Waals surface area contributed by atoms with Crippen LogP contribution >= 0.6 is 0 Å². The fourth-order valence-electron chi connectivity index (χ4n) is 2.90. The highest BCUT2D eigenvalue weighted by Crippen LogP contribution is 2.33. The third-order valence-corrected chi connectivity index (χ3v) is 4.16. The van der Waals surface area contributed by atoms with E-state index in [2.05, 4.69) is 22.1 Å². The van der Waals surface area contributed by atoms with E-state index < -0.39 is 5.97 Å². The highest BCUT2D eigenvalue weighted by atomic mass is 16.5. The second-order valence-electron chi connectivity index (χ2n) is 5.84. The van der Waals surface area contributed by atoms with Crippen LogP contribution < -0.4 is 4.74 Å². The fraction of sp³-hybridized carbons (Fsp3) is 0.389. The standard InChI is InChI=1S/C18H20N2O2/c1-13-11-20-17(12-19-13)18(21)22-16-9-7-15(8-10-16)14-5-3-2-4-6-14/h7-12,14H,2-6H2,1H3. The monoisotopic (exact) mass is 296 g/mol. The van der Waals surface area contributed by atoms with Crippen molar-refractivity contribution in [3.8, 4) is 5.75 Å². The Hall–Kier alpha value is -2.23. The molecule has 1 aliphatic carbocycles. The van der Waals surface area contributed by atoms with E-state index in [0.29, 0.717) is 11.7 Å². The van der Waals surface area contributed by atoms with E-state index >= 15 is 0 Å². The molecule has 3 rings (SSSR count). The molecule has 1 aromatic carbocycles. The van der Waals surface area contributed by atoms with Gasteiger partial charge in [0.15, 0.2) is 5.69 Å². The number of hydrogen-bond acceptors (Lipinski definition) is 4. The number of ether oxygens (including phenoxy) is 1. The average molecular weight is 296 g/mol. The van der Waals surface area contributed by atoms with Gasteiger partial charge in [-0.15, -0.1) is 0 Å². The van der Waals surface area contributed by atoms with Gasteiger partial charge >= 0.3 is 5.97 Å². The number of carbonyl (C=O) groups is 1. The smallest absolute Gasteiger partial charge is 0.363 e. The van der Waals surface area contributed by atoms with Gasteiger partial charge in [-0.25, -0.2) is 9.78 Å². The summed E-state index contributed by atoms with van der Waals surface area (Å²) in [5.74, 6) is 0.728. The van der Waals surface area contributed by atoms with Crippen LogP contribution in [0.2, 0.25) is 0 Å². The number of aryl methyl sites for hydroxylation is 1. The van der Waals surface area contributed by atoms with Gasteiger partial charge in [-0.2, -0.15) is 0 Å². The van der Waals surface area contributed by atoms with Crippen LogP contribution in [-0.4, -0.2) is 15.9 Å². The quantitative estimate of drug-likeness (QED) is 0.633. The maximum absolute atomic E-state index is 12.0. The Balaban J connectivity index is 1.65.